The lowest BCUT2D eigenvalue weighted by atomic mass is 9.53. The third-order valence-electron chi connectivity index (χ3n) is 4.80. The molecule has 0 aromatic carbocycles. The molecule has 0 aromatic rings. The second-order valence-corrected chi connectivity index (χ2v) is 6.43. The summed E-state index contributed by atoms with van der Waals surface area (Å²) in [5, 5.41) is 3.29. The van der Waals surface area contributed by atoms with Crippen LogP contribution in [0.2, 0.25) is 0 Å². The summed E-state index contributed by atoms with van der Waals surface area (Å²) in [6, 6.07) is 0. The first-order valence-electron chi connectivity index (χ1n) is 6.54. The van der Waals surface area contributed by atoms with Crippen molar-refractivity contribution < 1.29 is 4.79 Å². The molecule has 2 nitrogen and oxygen atoms in total. The van der Waals surface area contributed by atoms with Crippen molar-refractivity contribution >= 4 is 5.91 Å². The van der Waals surface area contributed by atoms with Crippen LogP contribution in [-0.2, 0) is 4.79 Å². The molecule has 4 aliphatic carbocycles. The van der Waals surface area contributed by atoms with E-state index in [9.17, 15) is 4.79 Å². The lowest BCUT2D eigenvalue weighted by molar-refractivity contribution is -0.123. The van der Waals surface area contributed by atoms with E-state index in [-0.39, 0.29) is 11.4 Å². The number of carbonyl (C=O) groups is 1. The molecule has 4 rings (SSSR count). The minimum absolute atomic E-state index is 0.0713. The van der Waals surface area contributed by atoms with Crippen molar-refractivity contribution in [3.63, 3.8) is 0 Å². The summed E-state index contributed by atoms with van der Waals surface area (Å²) in [4.78, 5) is 11.8. The van der Waals surface area contributed by atoms with Crippen LogP contribution in [0.5, 0.6) is 0 Å². The van der Waals surface area contributed by atoms with Gasteiger partial charge >= 0.3 is 0 Å². The van der Waals surface area contributed by atoms with Crippen LogP contribution in [0.4, 0.5) is 0 Å². The molecule has 1 N–H and O–H groups in total. The summed E-state index contributed by atoms with van der Waals surface area (Å²) >= 11 is 0. The van der Waals surface area contributed by atoms with Crippen molar-refractivity contribution in [1.82, 2.24) is 5.32 Å². The molecule has 0 atom stereocenters. The normalized spacial score (nSPS) is 44.4. The summed E-state index contributed by atoms with van der Waals surface area (Å²) in [6.45, 7) is 5.54. The van der Waals surface area contributed by atoms with E-state index >= 15 is 0 Å². The number of rotatable bonds is 2. The third-order valence-corrected chi connectivity index (χ3v) is 4.80. The maximum atomic E-state index is 11.8. The highest BCUT2D eigenvalue weighted by Crippen LogP contribution is 2.55. The van der Waals surface area contributed by atoms with Crippen molar-refractivity contribution in [2.24, 2.45) is 17.8 Å². The highest BCUT2D eigenvalue weighted by molar-refractivity contribution is 5.92. The van der Waals surface area contributed by atoms with Crippen LogP contribution in [0.1, 0.15) is 45.4 Å². The van der Waals surface area contributed by atoms with Crippen molar-refractivity contribution in [2.45, 2.75) is 51.0 Å². The van der Waals surface area contributed by atoms with Crippen LogP contribution in [0.3, 0.4) is 0 Å². The molecule has 4 bridgehead atoms. The summed E-state index contributed by atoms with van der Waals surface area (Å²) in [5.41, 5.74) is 0.792. The van der Waals surface area contributed by atoms with E-state index in [0.717, 1.165) is 17.8 Å². The second kappa shape index (κ2) is 3.35. The monoisotopic (exact) mass is 219 g/mol. The quantitative estimate of drug-likeness (QED) is 0.711. The molecule has 0 unspecified atom stereocenters. The highest BCUT2D eigenvalue weighted by Gasteiger charge is 2.51. The number of carbonyl (C=O) groups excluding carboxylic acids is 1. The largest absolute Gasteiger partial charge is 0.347 e. The molecule has 2 heteroatoms. The maximum absolute atomic E-state index is 11.8. The van der Waals surface area contributed by atoms with Gasteiger partial charge in [0.2, 0.25) is 5.91 Å². The Labute approximate surface area is 97.5 Å². The van der Waals surface area contributed by atoms with Crippen LogP contribution >= 0.6 is 0 Å². The van der Waals surface area contributed by atoms with Gasteiger partial charge in [-0.25, -0.2) is 0 Å². The zero-order valence-corrected chi connectivity index (χ0v) is 10.1. The Bertz CT molecular complexity index is 309. The van der Waals surface area contributed by atoms with Gasteiger partial charge in [-0.2, -0.15) is 0 Å². The minimum atomic E-state index is 0.0713. The van der Waals surface area contributed by atoms with E-state index in [1.54, 1.807) is 6.92 Å². The molecule has 0 spiro atoms. The van der Waals surface area contributed by atoms with Gasteiger partial charge in [0.05, 0.1) is 0 Å². The predicted octanol–water partition coefficient (Wildman–Crippen LogP) is 2.65. The topological polar surface area (TPSA) is 29.1 Å². The fourth-order valence-electron chi connectivity index (χ4n) is 4.61. The van der Waals surface area contributed by atoms with Gasteiger partial charge in [-0.15, -0.1) is 0 Å². The number of hydrogen-bond acceptors (Lipinski definition) is 1. The summed E-state index contributed by atoms with van der Waals surface area (Å²) in [5.74, 6) is 2.73. The predicted molar refractivity (Wildman–Crippen MR) is 63.9 cm³/mol. The van der Waals surface area contributed by atoms with Crippen molar-refractivity contribution in [3.8, 4) is 0 Å². The van der Waals surface area contributed by atoms with Crippen molar-refractivity contribution in [3.05, 3.63) is 12.2 Å². The van der Waals surface area contributed by atoms with Crippen molar-refractivity contribution in [2.75, 3.05) is 0 Å². The Morgan fingerprint density at radius 3 is 1.94 bits per heavy atom. The molecule has 0 heterocycles. The first-order valence-corrected chi connectivity index (χ1v) is 6.54. The third kappa shape index (κ3) is 1.59. The molecule has 4 saturated carbocycles. The molecule has 0 saturated heterocycles. The van der Waals surface area contributed by atoms with Gasteiger partial charge in [-0.3, -0.25) is 4.79 Å². The summed E-state index contributed by atoms with van der Waals surface area (Å²) in [7, 11) is 0. The van der Waals surface area contributed by atoms with E-state index in [2.05, 4.69) is 11.9 Å². The van der Waals surface area contributed by atoms with Gasteiger partial charge in [0.1, 0.15) is 0 Å². The molecule has 16 heavy (non-hydrogen) atoms. The minimum Gasteiger partial charge on any atom is -0.347 e. The van der Waals surface area contributed by atoms with E-state index in [4.69, 9.17) is 0 Å². The van der Waals surface area contributed by atoms with Gasteiger partial charge < -0.3 is 5.32 Å². The lowest BCUT2D eigenvalue weighted by Crippen LogP contribution is -2.59. The number of nitrogens with one attached hydrogen (secondary N) is 1. The van der Waals surface area contributed by atoms with Gasteiger partial charge in [-0.1, -0.05) is 6.58 Å². The van der Waals surface area contributed by atoms with Crippen molar-refractivity contribution in [1.29, 1.82) is 0 Å². The Morgan fingerprint density at radius 1 is 1.12 bits per heavy atom. The molecule has 0 aliphatic heterocycles. The Morgan fingerprint density at radius 2 is 1.56 bits per heavy atom. The molecule has 4 aliphatic rings. The van der Waals surface area contributed by atoms with Crippen LogP contribution in [0.15, 0.2) is 12.2 Å². The Balaban J connectivity index is 1.78. The van der Waals surface area contributed by atoms with E-state index < -0.39 is 0 Å². The van der Waals surface area contributed by atoms with E-state index in [0.29, 0.717) is 5.57 Å². The van der Waals surface area contributed by atoms with E-state index in [1.165, 1.54) is 38.5 Å². The van der Waals surface area contributed by atoms with Crippen LogP contribution in [0, 0.1) is 17.8 Å². The zero-order chi connectivity index (χ0) is 11.3. The lowest BCUT2D eigenvalue weighted by Gasteiger charge is -2.56. The first kappa shape index (κ1) is 10.4. The molecule has 0 aromatic heterocycles. The maximum Gasteiger partial charge on any atom is 0.246 e. The molecule has 4 fully saturated rings. The average Bonchev–Trinajstić information content (AvgIpc) is 2.13. The van der Waals surface area contributed by atoms with Gasteiger partial charge in [0.15, 0.2) is 0 Å². The first-order chi connectivity index (χ1) is 7.56. The standard InChI is InChI=1S/C14H21NO/c1-9(2)13(16)15-14-6-10-3-11(7-14)5-12(4-10)8-14/h10-12H,1,3-8H2,2H3,(H,15,16). The average molecular weight is 219 g/mol. The van der Waals surface area contributed by atoms with Gasteiger partial charge in [0.25, 0.3) is 0 Å². The zero-order valence-electron chi connectivity index (χ0n) is 10.1. The summed E-state index contributed by atoms with van der Waals surface area (Å²) in [6.07, 6.45) is 7.92. The fourth-order valence-corrected chi connectivity index (χ4v) is 4.61. The molecule has 88 valence electrons. The number of amides is 1. The van der Waals surface area contributed by atoms with E-state index in [1.807, 2.05) is 0 Å². The Kier molecular flexibility index (Phi) is 2.17. The van der Waals surface area contributed by atoms with Crippen LogP contribution in [-0.4, -0.2) is 11.4 Å². The van der Waals surface area contributed by atoms with Gasteiger partial charge in [-0.05, 0) is 63.2 Å². The van der Waals surface area contributed by atoms with Crippen LogP contribution in [0.25, 0.3) is 0 Å². The molecule has 1 amide bonds. The molecule has 0 radical (unpaired) electrons. The molecular weight excluding hydrogens is 198 g/mol. The van der Waals surface area contributed by atoms with Crippen LogP contribution < -0.4 is 5.32 Å². The number of hydrogen-bond donors (Lipinski definition) is 1. The Hall–Kier alpha value is -0.790. The second-order valence-electron chi connectivity index (χ2n) is 6.43. The summed E-state index contributed by atoms with van der Waals surface area (Å²) < 4.78 is 0. The molecular formula is C14H21NO. The SMILES string of the molecule is C=C(C)C(=O)NC12CC3CC(CC(C3)C1)C2. The highest BCUT2D eigenvalue weighted by atomic mass is 16.1. The van der Waals surface area contributed by atoms with Gasteiger partial charge in [0, 0.05) is 11.1 Å². The fraction of sp³-hybridized carbons (Fsp3) is 0.786. The smallest absolute Gasteiger partial charge is 0.246 e.